The van der Waals surface area contributed by atoms with E-state index in [1.807, 2.05) is 24.4 Å². The van der Waals surface area contributed by atoms with Crippen molar-refractivity contribution < 1.29 is 0 Å². The summed E-state index contributed by atoms with van der Waals surface area (Å²) in [6.45, 7) is 7.44. The first-order chi connectivity index (χ1) is 9.18. The Labute approximate surface area is 114 Å². The van der Waals surface area contributed by atoms with Crippen molar-refractivity contribution in [3.05, 3.63) is 30.5 Å². The molecule has 0 saturated carbocycles. The van der Waals surface area contributed by atoms with Gasteiger partial charge in [-0.2, -0.15) is 10.2 Å². The van der Waals surface area contributed by atoms with Gasteiger partial charge in [0.1, 0.15) is 0 Å². The van der Waals surface area contributed by atoms with Gasteiger partial charge < -0.3 is 10.2 Å². The van der Waals surface area contributed by atoms with Crippen molar-refractivity contribution in [1.29, 1.82) is 0 Å². The lowest BCUT2D eigenvalue weighted by atomic mass is 10.2. The molecule has 2 aromatic rings. The first-order valence-corrected chi connectivity index (χ1v) is 6.80. The standard InChI is InChI=1S/C15H22N4/c1-12(2)10-16-8-9-19(3)15-11-17-18-14-7-5-4-6-13(14)15/h4-7,11-12,16H,8-10H2,1-3H3. The minimum absolute atomic E-state index is 0.689. The molecule has 2 rings (SSSR count). The van der Waals surface area contributed by atoms with E-state index in [1.54, 1.807) is 0 Å². The molecule has 0 atom stereocenters. The molecule has 1 aromatic carbocycles. The summed E-state index contributed by atoms with van der Waals surface area (Å²) in [6.07, 6.45) is 1.84. The quantitative estimate of drug-likeness (QED) is 0.807. The van der Waals surface area contributed by atoms with Gasteiger partial charge in [-0.3, -0.25) is 0 Å². The van der Waals surface area contributed by atoms with E-state index >= 15 is 0 Å². The van der Waals surface area contributed by atoms with Crippen LogP contribution in [0, 0.1) is 5.92 Å². The Morgan fingerprint density at radius 1 is 1.26 bits per heavy atom. The predicted octanol–water partition coefficient (Wildman–Crippen LogP) is 2.31. The Balaban J connectivity index is 2.03. The van der Waals surface area contributed by atoms with Gasteiger partial charge in [-0.05, 0) is 18.5 Å². The van der Waals surface area contributed by atoms with Gasteiger partial charge in [0, 0.05) is 25.5 Å². The fourth-order valence-corrected chi connectivity index (χ4v) is 2.05. The number of likely N-dealkylation sites (N-methyl/N-ethyl adjacent to an activating group) is 1. The van der Waals surface area contributed by atoms with Crippen LogP contribution in [0.2, 0.25) is 0 Å². The van der Waals surface area contributed by atoms with Gasteiger partial charge in [-0.25, -0.2) is 0 Å². The number of benzene rings is 1. The summed E-state index contributed by atoms with van der Waals surface area (Å²) in [4.78, 5) is 2.23. The third-order valence-corrected chi connectivity index (χ3v) is 3.11. The van der Waals surface area contributed by atoms with Gasteiger partial charge in [-0.15, -0.1) is 0 Å². The minimum atomic E-state index is 0.689. The molecular weight excluding hydrogens is 236 g/mol. The molecule has 1 heterocycles. The second-order valence-corrected chi connectivity index (χ2v) is 5.27. The molecule has 0 aliphatic rings. The highest BCUT2D eigenvalue weighted by Crippen LogP contribution is 2.22. The number of anilines is 1. The van der Waals surface area contributed by atoms with Gasteiger partial charge in [0.25, 0.3) is 0 Å². The number of hydrogen-bond acceptors (Lipinski definition) is 4. The molecule has 4 heteroatoms. The molecule has 0 aliphatic carbocycles. The van der Waals surface area contributed by atoms with E-state index in [2.05, 4.69) is 47.4 Å². The molecule has 0 radical (unpaired) electrons. The molecule has 1 N–H and O–H groups in total. The summed E-state index contributed by atoms with van der Waals surface area (Å²) < 4.78 is 0. The van der Waals surface area contributed by atoms with E-state index in [9.17, 15) is 0 Å². The van der Waals surface area contributed by atoms with Crippen LogP contribution in [0.15, 0.2) is 30.5 Å². The maximum Gasteiger partial charge on any atom is 0.0950 e. The lowest BCUT2D eigenvalue weighted by Crippen LogP contribution is -2.31. The number of rotatable bonds is 6. The molecule has 0 fully saturated rings. The van der Waals surface area contributed by atoms with Crippen molar-refractivity contribution in [1.82, 2.24) is 15.5 Å². The average Bonchev–Trinajstić information content (AvgIpc) is 2.42. The van der Waals surface area contributed by atoms with Gasteiger partial charge in [0.2, 0.25) is 0 Å². The molecule has 4 nitrogen and oxygen atoms in total. The monoisotopic (exact) mass is 258 g/mol. The number of aromatic nitrogens is 2. The Morgan fingerprint density at radius 2 is 2.05 bits per heavy atom. The molecule has 0 aliphatic heterocycles. The zero-order valence-electron chi connectivity index (χ0n) is 11.9. The Bertz CT molecular complexity index is 519. The number of nitrogens with zero attached hydrogens (tertiary/aromatic N) is 3. The van der Waals surface area contributed by atoms with E-state index in [1.165, 1.54) is 0 Å². The third kappa shape index (κ3) is 3.64. The summed E-state index contributed by atoms with van der Waals surface area (Å²) >= 11 is 0. The molecule has 0 bridgehead atoms. The summed E-state index contributed by atoms with van der Waals surface area (Å²) in [5.41, 5.74) is 2.08. The van der Waals surface area contributed by atoms with Gasteiger partial charge in [0.05, 0.1) is 17.4 Å². The van der Waals surface area contributed by atoms with Crippen LogP contribution in [-0.4, -0.2) is 36.9 Å². The molecule has 19 heavy (non-hydrogen) atoms. The van der Waals surface area contributed by atoms with E-state index in [0.29, 0.717) is 5.92 Å². The number of hydrogen-bond donors (Lipinski definition) is 1. The van der Waals surface area contributed by atoms with Crippen LogP contribution < -0.4 is 10.2 Å². The molecule has 0 saturated heterocycles. The highest BCUT2D eigenvalue weighted by atomic mass is 15.2. The minimum Gasteiger partial charge on any atom is -0.371 e. The summed E-state index contributed by atoms with van der Waals surface area (Å²) in [7, 11) is 2.10. The van der Waals surface area contributed by atoms with Gasteiger partial charge in [0.15, 0.2) is 0 Å². The molecule has 0 amide bonds. The first-order valence-electron chi connectivity index (χ1n) is 6.80. The Hall–Kier alpha value is -1.68. The number of nitrogens with one attached hydrogen (secondary N) is 1. The fourth-order valence-electron chi connectivity index (χ4n) is 2.05. The largest absolute Gasteiger partial charge is 0.371 e. The van der Waals surface area contributed by atoms with Crippen molar-refractivity contribution in [2.45, 2.75) is 13.8 Å². The smallest absolute Gasteiger partial charge is 0.0950 e. The molecule has 0 unspecified atom stereocenters. The highest BCUT2D eigenvalue weighted by molar-refractivity contribution is 5.90. The second kappa shape index (κ2) is 6.48. The molecular formula is C15H22N4. The van der Waals surface area contributed by atoms with E-state index in [4.69, 9.17) is 0 Å². The van der Waals surface area contributed by atoms with Crippen molar-refractivity contribution in [3.8, 4) is 0 Å². The van der Waals surface area contributed by atoms with Gasteiger partial charge >= 0.3 is 0 Å². The predicted molar refractivity (Wildman–Crippen MR) is 80.5 cm³/mol. The molecule has 102 valence electrons. The normalized spacial score (nSPS) is 11.2. The lowest BCUT2D eigenvalue weighted by molar-refractivity contribution is 0.554. The van der Waals surface area contributed by atoms with Gasteiger partial charge in [-0.1, -0.05) is 32.0 Å². The Kier molecular flexibility index (Phi) is 4.68. The van der Waals surface area contributed by atoms with E-state index < -0.39 is 0 Å². The van der Waals surface area contributed by atoms with E-state index in [0.717, 1.165) is 36.2 Å². The van der Waals surface area contributed by atoms with Crippen LogP contribution in [0.3, 0.4) is 0 Å². The van der Waals surface area contributed by atoms with Crippen molar-refractivity contribution in [3.63, 3.8) is 0 Å². The zero-order valence-corrected chi connectivity index (χ0v) is 11.9. The van der Waals surface area contributed by atoms with Crippen molar-refractivity contribution >= 4 is 16.6 Å². The summed E-state index contributed by atoms with van der Waals surface area (Å²) in [5, 5.41) is 12.8. The van der Waals surface area contributed by atoms with Crippen LogP contribution in [0.5, 0.6) is 0 Å². The van der Waals surface area contributed by atoms with Crippen LogP contribution in [0.25, 0.3) is 10.9 Å². The fraction of sp³-hybridized carbons (Fsp3) is 0.467. The van der Waals surface area contributed by atoms with E-state index in [-0.39, 0.29) is 0 Å². The van der Waals surface area contributed by atoms with Crippen molar-refractivity contribution in [2.24, 2.45) is 5.92 Å². The molecule has 1 aromatic heterocycles. The maximum atomic E-state index is 4.15. The van der Waals surface area contributed by atoms with Crippen molar-refractivity contribution in [2.75, 3.05) is 31.6 Å². The second-order valence-electron chi connectivity index (χ2n) is 5.27. The van der Waals surface area contributed by atoms with Crippen LogP contribution >= 0.6 is 0 Å². The third-order valence-electron chi connectivity index (χ3n) is 3.11. The average molecular weight is 258 g/mol. The zero-order chi connectivity index (χ0) is 13.7. The van der Waals surface area contributed by atoms with Crippen LogP contribution in [0.1, 0.15) is 13.8 Å². The maximum absolute atomic E-state index is 4.15. The topological polar surface area (TPSA) is 41.0 Å². The number of fused-ring (bicyclic) bond motifs is 1. The SMILES string of the molecule is CC(C)CNCCN(C)c1cnnc2ccccc12. The summed E-state index contributed by atoms with van der Waals surface area (Å²) in [5.74, 6) is 0.689. The first kappa shape index (κ1) is 13.7. The highest BCUT2D eigenvalue weighted by Gasteiger charge is 2.06. The Morgan fingerprint density at radius 3 is 2.84 bits per heavy atom. The summed E-state index contributed by atoms with van der Waals surface area (Å²) in [6, 6.07) is 8.12. The van der Waals surface area contributed by atoms with Crippen LogP contribution in [0.4, 0.5) is 5.69 Å². The van der Waals surface area contributed by atoms with Crippen LogP contribution in [-0.2, 0) is 0 Å². The lowest BCUT2D eigenvalue weighted by Gasteiger charge is -2.20. The molecule has 0 spiro atoms.